The lowest BCUT2D eigenvalue weighted by atomic mass is 10.2. The lowest BCUT2D eigenvalue weighted by molar-refractivity contribution is 1.05. The van der Waals surface area contributed by atoms with Crippen molar-refractivity contribution in [1.82, 2.24) is 15.2 Å². The van der Waals surface area contributed by atoms with E-state index in [9.17, 15) is 0 Å². The molecule has 0 aliphatic heterocycles. The monoisotopic (exact) mass is 158 g/mol. The van der Waals surface area contributed by atoms with Gasteiger partial charge >= 0.3 is 0 Å². The summed E-state index contributed by atoms with van der Waals surface area (Å²) in [4.78, 5) is 4.17. The molecule has 59 valence electrons. The zero-order chi connectivity index (χ0) is 8.39. The lowest BCUT2D eigenvalue weighted by Crippen LogP contribution is -1.81. The smallest absolute Gasteiger partial charge is 0.0736 e. The molecule has 2 heterocycles. The fourth-order valence-corrected chi connectivity index (χ4v) is 1.10. The summed E-state index contributed by atoms with van der Waals surface area (Å²) in [6, 6.07) is 6.63. The maximum absolute atomic E-state index is 4.17. The minimum Gasteiger partial charge on any atom is -0.285 e. The van der Waals surface area contributed by atoms with Crippen LogP contribution in [0.3, 0.4) is 0 Å². The Bertz CT molecular complexity index is 364. The quantitative estimate of drug-likeness (QED) is 0.684. The third-order valence-electron chi connectivity index (χ3n) is 1.72. The van der Waals surface area contributed by atoms with Crippen LogP contribution >= 0.6 is 0 Å². The molecular formula is C9H8N3. The number of nitrogens with zero attached hydrogens (tertiary/aromatic N) is 2. The molecule has 3 heteroatoms. The number of nitrogens with one attached hydrogen (secondary N) is 1. The first-order valence-electron chi connectivity index (χ1n) is 3.71. The van der Waals surface area contributed by atoms with Gasteiger partial charge in [-0.05, 0) is 13.0 Å². The van der Waals surface area contributed by atoms with E-state index in [1.165, 1.54) is 0 Å². The van der Waals surface area contributed by atoms with Crippen LogP contribution < -0.4 is 0 Å². The summed E-state index contributed by atoms with van der Waals surface area (Å²) >= 11 is 0. The molecule has 0 aliphatic carbocycles. The fourth-order valence-electron chi connectivity index (χ4n) is 1.10. The Labute approximate surface area is 70.5 Å². The molecular weight excluding hydrogens is 150 g/mol. The summed E-state index contributed by atoms with van der Waals surface area (Å²) in [7, 11) is 0. The van der Waals surface area contributed by atoms with Gasteiger partial charge in [0.25, 0.3) is 0 Å². The Hall–Kier alpha value is -1.64. The van der Waals surface area contributed by atoms with Crippen LogP contribution in [0.5, 0.6) is 0 Å². The highest BCUT2D eigenvalue weighted by Crippen LogP contribution is 2.17. The van der Waals surface area contributed by atoms with Crippen LogP contribution in [0, 0.1) is 13.0 Å². The minimum absolute atomic E-state index is 0.931. The molecule has 0 fully saturated rings. The second-order valence-corrected chi connectivity index (χ2v) is 2.53. The van der Waals surface area contributed by atoms with Gasteiger partial charge in [0.1, 0.15) is 0 Å². The van der Waals surface area contributed by atoms with E-state index >= 15 is 0 Å². The molecule has 2 aromatic heterocycles. The number of hydrogen-bond donors (Lipinski definition) is 1. The van der Waals surface area contributed by atoms with E-state index in [0.717, 1.165) is 17.0 Å². The van der Waals surface area contributed by atoms with E-state index in [1.54, 1.807) is 6.20 Å². The van der Waals surface area contributed by atoms with Crippen LogP contribution in [-0.2, 0) is 0 Å². The Kier molecular flexibility index (Phi) is 1.63. The van der Waals surface area contributed by atoms with Crippen LogP contribution in [0.1, 0.15) is 5.69 Å². The van der Waals surface area contributed by atoms with Crippen LogP contribution in [-0.4, -0.2) is 15.2 Å². The van der Waals surface area contributed by atoms with Crippen molar-refractivity contribution < 1.29 is 0 Å². The van der Waals surface area contributed by atoms with Crippen LogP contribution in [0.25, 0.3) is 11.3 Å². The van der Waals surface area contributed by atoms with Crippen LogP contribution in [0.15, 0.2) is 24.5 Å². The van der Waals surface area contributed by atoms with Gasteiger partial charge in [0.2, 0.25) is 0 Å². The van der Waals surface area contributed by atoms with Gasteiger partial charge in [0.15, 0.2) is 0 Å². The van der Waals surface area contributed by atoms with Gasteiger partial charge in [-0.3, -0.25) is 10.1 Å². The minimum atomic E-state index is 0.931. The van der Waals surface area contributed by atoms with Crippen molar-refractivity contribution in [3.8, 4) is 11.3 Å². The van der Waals surface area contributed by atoms with Crippen molar-refractivity contribution in [1.29, 1.82) is 0 Å². The molecule has 0 aromatic carbocycles. The first-order chi connectivity index (χ1) is 5.88. The SMILES string of the molecule is Cc1n[nH]cc1-c1cc[c]cn1. The summed E-state index contributed by atoms with van der Waals surface area (Å²) in [5, 5.41) is 6.81. The maximum atomic E-state index is 4.17. The van der Waals surface area contributed by atoms with Crippen molar-refractivity contribution in [3.63, 3.8) is 0 Å². The molecule has 2 rings (SSSR count). The van der Waals surface area contributed by atoms with E-state index in [0.29, 0.717) is 0 Å². The molecule has 1 radical (unpaired) electrons. The lowest BCUT2D eigenvalue weighted by Gasteiger charge is -1.94. The molecule has 2 aromatic rings. The highest BCUT2D eigenvalue weighted by atomic mass is 15.1. The first kappa shape index (κ1) is 7.03. The second kappa shape index (κ2) is 2.77. The highest BCUT2D eigenvalue weighted by molar-refractivity contribution is 5.59. The predicted molar refractivity (Wildman–Crippen MR) is 45.4 cm³/mol. The zero-order valence-electron chi connectivity index (χ0n) is 6.70. The molecule has 0 bridgehead atoms. The number of aromatic nitrogens is 3. The summed E-state index contributed by atoms with van der Waals surface area (Å²) in [6.07, 6.45) is 3.50. The standard InChI is InChI=1S/C9H8N3/c1-7-8(6-11-12-7)9-4-2-3-5-10-9/h2,4-6H,1H3,(H,11,12). The van der Waals surface area contributed by atoms with Gasteiger partial charge in [-0.1, -0.05) is 6.07 Å². The van der Waals surface area contributed by atoms with Gasteiger partial charge in [-0.15, -0.1) is 0 Å². The molecule has 0 saturated heterocycles. The average molecular weight is 158 g/mol. The molecule has 0 amide bonds. The molecule has 0 atom stereocenters. The number of pyridine rings is 1. The van der Waals surface area contributed by atoms with Crippen molar-refractivity contribution in [2.75, 3.05) is 0 Å². The van der Waals surface area contributed by atoms with Gasteiger partial charge < -0.3 is 0 Å². The fraction of sp³-hybridized carbons (Fsp3) is 0.111. The molecule has 12 heavy (non-hydrogen) atoms. The third kappa shape index (κ3) is 1.09. The van der Waals surface area contributed by atoms with E-state index in [1.807, 2.05) is 25.3 Å². The average Bonchev–Trinajstić information content (AvgIpc) is 2.53. The summed E-state index contributed by atoms with van der Waals surface area (Å²) in [5.41, 5.74) is 2.94. The number of aromatic amines is 1. The number of rotatable bonds is 1. The third-order valence-corrected chi connectivity index (χ3v) is 1.72. The number of aryl methyl sites for hydroxylation is 1. The van der Waals surface area contributed by atoms with Crippen molar-refractivity contribution in [3.05, 3.63) is 36.3 Å². The Balaban J connectivity index is 2.51. The molecule has 1 N–H and O–H groups in total. The highest BCUT2D eigenvalue weighted by Gasteiger charge is 2.02. The molecule has 0 saturated carbocycles. The van der Waals surface area contributed by atoms with E-state index in [-0.39, 0.29) is 0 Å². The van der Waals surface area contributed by atoms with E-state index in [4.69, 9.17) is 0 Å². The Morgan fingerprint density at radius 1 is 1.50 bits per heavy atom. The van der Waals surface area contributed by atoms with Crippen molar-refractivity contribution in [2.45, 2.75) is 6.92 Å². The first-order valence-corrected chi connectivity index (χ1v) is 3.71. The maximum Gasteiger partial charge on any atom is 0.0736 e. The molecule has 3 nitrogen and oxygen atoms in total. The van der Waals surface area contributed by atoms with Gasteiger partial charge in [-0.2, -0.15) is 5.10 Å². The molecule has 0 unspecified atom stereocenters. The molecule has 0 spiro atoms. The predicted octanol–water partition coefficient (Wildman–Crippen LogP) is 1.58. The van der Waals surface area contributed by atoms with Crippen molar-refractivity contribution in [2.24, 2.45) is 0 Å². The normalized spacial score (nSPS) is 10.1. The number of H-pyrrole nitrogens is 1. The second-order valence-electron chi connectivity index (χ2n) is 2.53. The summed E-state index contributed by atoms with van der Waals surface area (Å²) in [5.74, 6) is 0. The van der Waals surface area contributed by atoms with Crippen LogP contribution in [0.2, 0.25) is 0 Å². The zero-order valence-corrected chi connectivity index (χ0v) is 6.70. The van der Waals surface area contributed by atoms with Gasteiger partial charge in [-0.25, -0.2) is 0 Å². The summed E-state index contributed by atoms with van der Waals surface area (Å²) < 4.78 is 0. The van der Waals surface area contributed by atoms with Crippen molar-refractivity contribution >= 4 is 0 Å². The number of hydrogen-bond acceptors (Lipinski definition) is 2. The van der Waals surface area contributed by atoms with Crippen LogP contribution in [0.4, 0.5) is 0 Å². The summed E-state index contributed by atoms with van der Waals surface area (Å²) in [6.45, 7) is 1.95. The van der Waals surface area contributed by atoms with Gasteiger partial charge in [0.05, 0.1) is 11.4 Å². The van der Waals surface area contributed by atoms with E-state index < -0.39 is 0 Å². The largest absolute Gasteiger partial charge is 0.285 e. The van der Waals surface area contributed by atoms with E-state index in [2.05, 4.69) is 21.2 Å². The topological polar surface area (TPSA) is 41.6 Å². The van der Waals surface area contributed by atoms with Gasteiger partial charge in [0, 0.05) is 24.0 Å². The molecule has 0 aliphatic rings. The Morgan fingerprint density at radius 3 is 3.00 bits per heavy atom. The Morgan fingerprint density at radius 2 is 2.42 bits per heavy atom.